The van der Waals surface area contributed by atoms with Gasteiger partial charge in [0.15, 0.2) is 0 Å². The van der Waals surface area contributed by atoms with E-state index in [-0.39, 0.29) is 0 Å². The highest BCUT2D eigenvalue weighted by Crippen LogP contribution is 2.08. The van der Waals surface area contributed by atoms with Gasteiger partial charge in [-0.3, -0.25) is 5.01 Å². The van der Waals surface area contributed by atoms with Crippen molar-refractivity contribution in [2.24, 2.45) is 5.10 Å². The molecule has 0 bridgehead atoms. The molecule has 0 saturated heterocycles. The number of hydrogen-bond acceptors (Lipinski definition) is 3. The molecule has 0 spiro atoms. The molecule has 2 aromatic rings. The van der Waals surface area contributed by atoms with Crippen LogP contribution >= 0.6 is 0 Å². The van der Waals surface area contributed by atoms with E-state index >= 15 is 0 Å². The number of hydrazone groups is 1. The first-order valence-electron chi connectivity index (χ1n) is 6.35. The van der Waals surface area contributed by atoms with Crippen LogP contribution in [0.15, 0.2) is 59.7 Å². The normalized spacial score (nSPS) is 10.6. The molecule has 2 aromatic carbocycles. The van der Waals surface area contributed by atoms with E-state index in [9.17, 15) is 0 Å². The summed E-state index contributed by atoms with van der Waals surface area (Å²) in [6, 6.07) is 18.5. The maximum Gasteiger partial charge on any atom is 0.0607 e. The van der Waals surface area contributed by atoms with Crippen LogP contribution in [0, 0.1) is 0 Å². The Morgan fingerprint density at radius 3 is 2.63 bits per heavy atom. The fourth-order valence-electron chi connectivity index (χ4n) is 1.83. The van der Waals surface area contributed by atoms with Crippen LogP contribution in [0.4, 0.5) is 5.69 Å². The summed E-state index contributed by atoms with van der Waals surface area (Å²) < 4.78 is 0. The average molecular weight is 253 g/mol. The minimum atomic E-state index is 0.809. The van der Waals surface area contributed by atoms with Crippen molar-refractivity contribution in [1.29, 1.82) is 0 Å². The molecule has 0 aliphatic carbocycles. The van der Waals surface area contributed by atoms with Crippen LogP contribution in [0.25, 0.3) is 0 Å². The van der Waals surface area contributed by atoms with Gasteiger partial charge in [-0.2, -0.15) is 5.10 Å². The Hall–Kier alpha value is -2.29. The molecule has 0 heterocycles. The van der Waals surface area contributed by atoms with E-state index in [2.05, 4.69) is 28.6 Å². The number of anilines is 1. The lowest BCUT2D eigenvalue weighted by Crippen LogP contribution is -2.10. The number of rotatable bonds is 5. The van der Waals surface area contributed by atoms with Crippen molar-refractivity contribution >= 4 is 11.9 Å². The molecule has 0 radical (unpaired) electrons. The van der Waals surface area contributed by atoms with Crippen LogP contribution in [-0.4, -0.2) is 25.3 Å². The van der Waals surface area contributed by atoms with Gasteiger partial charge in [0, 0.05) is 19.8 Å². The summed E-state index contributed by atoms with van der Waals surface area (Å²) in [4.78, 5) is 0. The van der Waals surface area contributed by atoms with Crippen molar-refractivity contribution in [3.8, 4) is 0 Å². The van der Waals surface area contributed by atoms with Gasteiger partial charge in [0.1, 0.15) is 0 Å². The molecule has 19 heavy (non-hydrogen) atoms. The third-order valence-electron chi connectivity index (χ3n) is 2.83. The molecule has 0 unspecified atom stereocenters. The molecular formula is C16H19N3. The summed E-state index contributed by atoms with van der Waals surface area (Å²) in [5, 5.41) is 9.50. The zero-order valence-electron chi connectivity index (χ0n) is 11.4. The van der Waals surface area contributed by atoms with Gasteiger partial charge in [0.05, 0.1) is 12.8 Å². The third-order valence-corrected chi connectivity index (χ3v) is 2.83. The monoisotopic (exact) mass is 253 g/mol. The first-order chi connectivity index (χ1) is 9.28. The molecular weight excluding hydrogens is 234 g/mol. The van der Waals surface area contributed by atoms with E-state index in [4.69, 9.17) is 0 Å². The minimum Gasteiger partial charge on any atom is -0.388 e. The Labute approximate surface area is 114 Å². The van der Waals surface area contributed by atoms with Gasteiger partial charge < -0.3 is 5.32 Å². The maximum absolute atomic E-state index is 4.45. The summed E-state index contributed by atoms with van der Waals surface area (Å²) in [5.74, 6) is 0. The molecule has 0 aliphatic heterocycles. The van der Waals surface area contributed by atoms with E-state index in [1.54, 1.807) is 0 Å². The predicted octanol–water partition coefficient (Wildman–Crippen LogP) is 3.19. The minimum absolute atomic E-state index is 0.809. The highest BCUT2D eigenvalue weighted by Gasteiger charge is 1.96. The highest BCUT2D eigenvalue weighted by molar-refractivity contribution is 5.81. The fraction of sp³-hybridized carbons (Fsp3) is 0.188. The van der Waals surface area contributed by atoms with E-state index in [0.717, 1.165) is 17.8 Å². The summed E-state index contributed by atoms with van der Waals surface area (Å²) in [6.07, 6.45) is 1.88. The number of hydrogen-bond donors (Lipinski definition) is 1. The number of benzene rings is 2. The van der Waals surface area contributed by atoms with E-state index in [1.807, 2.05) is 61.7 Å². The predicted molar refractivity (Wildman–Crippen MR) is 81.5 cm³/mol. The molecule has 3 nitrogen and oxygen atoms in total. The Balaban J connectivity index is 1.97. The molecule has 0 fully saturated rings. The van der Waals surface area contributed by atoms with E-state index < -0.39 is 0 Å². The van der Waals surface area contributed by atoms with Crippen molar-refractivity contribution in [3.05, 3.63) is 65.7 Å². The van der Waals surface area contributed by atoms with Crippen LogP contribution in [0.2, 0.25) is 0 Å². The van der Waals surface area contributed by atoms with Gasteiger partial charge >= 0.3 is 0 Å². The first-order valence-corrected chi connectivity index (χ1v) is 6.35. The van der Waals surface area contributed by atoms with Gasteiger partial charge in [-0.05, 0) is 23.3 Å². The Kier molecular flexibility index (Phi) is 4.56. The zero-order chi connectivity index (χ0) is 13.5. The van der Waals surface area contributed by atoms with Crippen LogP contribution in [-0.2, 0) is 6.54 Å². The Bertz CT molecular complexity index is 535. The van der Waals surface area contributed by atoms with Crippen molar-refractivity contribution in [2.75, 3.05) is 19.4 Å². The molecule has 98 valence electrons. The lowest BCUT2D eigenvalue weighted by Gasteiger charge is -2.12. The van der Waals surface area contributed by atoms with Crippen LogP contribution in [0.1, 0.15) is 11.1 Å². The zero-order valence-corrected chi connectivity index (χ0v) is 11.4. The second kappa shape index (κ2) is 6.59. The lowest BCUT2D eigenvalue weighted by atomic mass is 10.2. The first kappa shape index (κ1) is 13.1. The highest BCUT2D eigenvalue weighted by atomic mass is 15.4. The average Bonchev–Trinajstić information content (AvgIpc) is 2.46. The standard InChI is InChI=1S/C16H19N3/c1-17-16-10-6-9-15(11-16)12-18-19(2)13-14-7-4-3-5-8-14/h3-12,17H,13H2,1-2H3/b18-12-. The van der Waals surface area contributed by atoms with Crippen molar-refractivity contribution in [2.45, 2.75) is 6.54 Å². The van der Waals surface area contributed by atoms with Gasteiger partial charge in [-0.1, -0.05) is 42.5 Å². The van der Waals surface area contributed by atoms with Crippen molar-refractivity contribution in [1.82, 2.24) is 5.01 Å². The molecule has 0 atom stereocenters. The van der Waals surface area contributed by atoms with Crippen molar-refractivity contribution < 1.29 is 0 Å². The van der Waals surface area contributed by atoms with Gasteiger partial charge in [0.25, 0.3) is 0 Å². The quantitative estimate of drug-likeness (QED) is 0.654. The molecule has 3 heteroatoms. The van der Waals surface area contributed by atoms with Crippen LogP contribution in [0.3, 0.4) is 0 Å². The van der Waals surface area contributed by atoms with E-state index in [1.165, 1.54) is 5.56 Å². The van der Waals surface area contributed by atoms with Gasteiger partial charge in [0.2, 0.25) is 0 Å². The summed E-state index contributed by atoms with van der Waals surface area (Å²) in [5.41, 5.74) is 3.44. The number of nitrogens with one attached hydrogen (secondary N) is 1. The molecule has 0 amide bonds. The second-order valence-corrected chi connectivity index (χ2v) is 4.42. The largest absolute Gasteiger partial charge is 0.388 e. The topological polar surface area (TPSA) is 27.6 Å². The second-order valence-electron chi connectivity index (χ2n) is 4.42. The number of nitrogens with zero attached hydrogens (tertiary/aromatic N) is 2. The lowest BCUT2D eigenvalue weighted by molar-refractivity contribution is 0.349. The smallest absolute Gasteiger partial charge is 0.0607 e. The summed E-state index contributed by atoms with van der Waals surface area (Å²) in [7, 11) is 3.89. The van der Waals surface area contributed by atoms with Crippen LogP contribution < -0.4 is 5.32 Å². The molecule has 2 rings (SSSR count). The Morgan fingerprint density at radius 1 is 1.11 bits per heavy atom. The molecule has 0 aromatic heterocycles. The van der Waals surface area contributed by atoms with Crippen LogP contribution in [0.5, 0.6) is 0 Å². The molecule has 1 N–H and O–H groups in total. The third kappa shape index (κ3) is 4.14. The Morgan fingerprint density at radius 2 is 1.89 bits per heavy atom. The van der Waals surface area contributed by atoms with Gasteiger partial charge in [-0.25, -0.2) is 0 Å². The molecule has 0 aliphatic rings. The molecule has 0 saturated carbocycles. The van der Waals surface area contributed by atoms with E-state index in [0.29, 0.717) is 0 Å². The van der Waals surface area contributed by atoms with Crippen molar-refractivity contribution in [3.63, 3.8) is 0 Å². The summed E-state index contributed by atoms with van der Waals surface area (Å²) >= 11 is 0. The SMILES string of the molecule is CNc1cccc(/C=N\N(C)Cc2ccccc2)c1. The maximum atomic E-state index is 4.45. The van der Waals surface area contributed by atoms with Gasteiger partial charge in [-0.15, -0.1) is 0 Å². The fourth-order valence-corrected chi connectivity index (χ4v) is 1.83. The summed E-state index contributed by atoms with van der Waals surface area (Å²) in [6.45, 7) is 0.809.